The first kappa shape index (κ1) is 15.4. The Morgan fingerprint density at radius 2 is 2.10 bits per heavy atom. The summed E-state index contributed by atoms with van der Waals surface area (Å²) in [6.45, 7) is 6.12. The fourth-order valence-corrected chi connectivity index (χ4v) is 2.10. The van der Waals surface area contributed by atoms with Crippen molar-refractivity contribution >= 4 is 0 Å². The van der Waals surface area contributed by atoms with E-state index in [0.717, 1.165) is 36.3 Å². The van der Waals surface area contributed by atoms with Crippen molar-refractivity contribution < 1.29 is 0 Å². The minimum absolute atomic E-state index is 0.0267. The van der Waals surface area contributed by atoms with Crippen LogP contribution in [0.2, 0.25) is 0 Å². The molecule has 2 aromatic heterocycles. The number of rotatable bonds is 7. The van der Waals surface area contributed by atoms with Crippen LogP contribution in [0, 0.1) is 0 Å². The molecule has 112 valence electrons. The summed E-state index contributed by atoms with van der Waals surface area (Å²) in [6.07, 6.45) is 3.99. The highest BCUT2D eigenvalue weighted by Crippen LogP contribution is 2.12. The van der Waals surface area contributed by atoms with Crippen LogP contribution < -0.4 is 10.9 Å². The maximum Gasteiger partial charge on any atom is 0.271 e. The Bertz CT molecular complexity index is 622. The third kappa shape index (κ3) is 3.98. The molecule has 0 aromatic carbocycles. The maximum absolute atomic E-state index is 12.3. The lowest BCUT2D eigenvalue weighted by atomic mass is 10.2. The van der Waals surface area contributed by atoms with Crippen LogP contribution in [0.4, 0.5) is 0 Å². The van der Waals surface area contributed by atoms with Gasteiger partial charge in [-0.2, -0.15) is 5.10 Å². The molecular formula is C16H22N4O. The predicted octanol–water partition coefficient (Wildman–Crippen LogP) is 2.21. The van der Waals surface area contributed by atoms with E-state index in [4.69, 9.17) is 0 Å². The molecule has 0 bridgehead atoms. The Hall–Kier alpha value is -2.01. The molecule has 0 aliphatic heterocycles. The second-order valence-corrected chi connectivity index (χ2v) is 4.92. The molecule has 0 saturated carbocycles. The summed E-state index contributed by atoms with van der Waals surface area (Å²) in [5.74, 6) is 0. The molecule has 2 rings (SSSR count). The number of unbranched alkanes of at least 4 members (excludes halogenated alkanes) is 1. The second kappa shape index (κ2) is 7.69. The molecule has 2 aromatic rings. The number of hydrogen-bond acceptors (Lipinski definition) is 4. The van der Waals surface area contributed by atoms with Gasteiger partial charge in [-0.3, -0.25) is 9.78 Å². The Kier molecular flexibility index (Phi) is 5.63. The first-order valence-electron chi connectivity index (χ1n) is 7.49. The Balaban J connectivity index is 2.29. The summed E-state index contributed by atoms with van der Waals surface area (Å²) in [5.41, 5.74) is 2.24. The van der Waals surface area contributed by atoms with Gasteiger partial charge in [0.25, 0.3) is 5.56 Å². The summed E-state index contributed by atoms with van der Waals surface area (Å²) >= 11 is 0. The number of hydrogen-bond donors (Lipinski definition) is 1. The molecule has 0 spiro atoms. The summed E-state index contributed by atoms with van der Waals surface area (Å²) in [7, 11) is 0. The van der Waals surface area contributed by atoms with E-state index in [-0.39, 0.29) is 5.56 Å². The van der Waals surface area contributed by atoms with Gasteiger partial charge in [-0.1, -0.05) is 19.4 Å². The molecule has 0 aliphatic carbocycles. The zero-order chi connectivity index (χ0) is 15.1. The van der Waals surface area contributed by atoms with E-state index >= 15 is 0 Å². The van der Waals surface area contributed by atoms with E-state index in [1.54, 1.807) is 6.20 Å². The van der Waals surface area contributed by atoms with Crippen LogP contribution >= 0.6 is 0 Å². The zero-order valence-corrected chi connectivity index (χ0v) is 12.7. The van der Waals surface area contributed by atoms with Gasteiger partial charge >= 0.3 is 0 Å². The molecule has 0 fully saturated rings. The van der Waals surface area contributed by atoms with Gasteiger partial charge in [0.05, 0.1) is 5.69 Å². The van der Waals surface area contributed by atoms with Crippen LogP contribution in [0.3, 0.4) is 0 Å². The zero-order valence-electron chi connectivity index (χ0n) is 12.7. The standard InChI is InChI=1S/C16H22N4O/c1-3-5-9-17-12-13-11-15(14-8-6-7-10-18-14)19-20(4-2)16(13)21/h6-8,10-11,17H,3-5,9,12H2,1-2H3. The summed E-state index contributed by atoms with van der Waals surface area (Å²) in [5, 5.41) is 7.69. The van der Waals surface area contributed by atoms with Crippen LogP contribution in [0.25, 0.3) is 11.4 Å². The van der Waals surface area contributed by atoms with Gasteiger partial charge < -0.3 is 5.32 Å². The lowest BCUT2D eigenvalue weighted by molar-refractivity contribution is 0.590. The highest BCUT2D eigenvalue weighted by atomic mass is 16.1. The Morgan fingerprint density at radius 3 is 2.76 bits per heavy atom. The van der Waals surface area contributed by atoms with Gasteiger partial charge in [0.1, 0.15) is 5.69 Å². The van der Waals surface area contributed by atoms with E-state index in [1.807, 2.05) is 31.2 Å². The molecule has 5 nitrogen and oxygen atoms in total. The molecule has 2 heterocycles. The highest BCUT2D eigenvalue weighted by Gasteiger charge is 2.09. The van der Waals surface area contributed by atoms with Crippen LogP contribution in [-0.4, -0.2) is 21.3 Å². The van der Waals surface area contributed by atoms with Gasteiger partial charge in [-0.15, -0.1) is 0 Å². The average molecular weight is 286 g/mol. The van der Waals surface area contributed by atoms with E-state index in [2.05, 4.69) is 22.3 Å². The first-order valence-corrected chi connectivity index (χ1v) is 7.49. The number of pyridine rings is 1. The number of aromatic nitrogens is 3. The summed E-state index contributed by atoms with van der Waals surface area (Å²) < 4.78 is 1.50. The summed E-state index contributed by atoms with van der Waals surface area (Å²) in [6, 6.07) is 7.54. The van der Waals surface area contributed by atoms with E-state index in [1.165, 1.54) is 4.68 Å². The minimum Gasteiger partial charge on any atom is -0.312 e. The fourth-order valence-electron chi connectivity index (χ4n) is 2.10. The van der Waals surface area contributed by atoms with Crippen LogP contribution in [0.5, 0.6) is 0 Å². The monoisotopic (exact) mass is 286 g/mol. The van der Waals surface area contributed by atoms with Crippen molar-refractivity contribution in [1.29, 1.82) is 0 Å². The van der Waals surface area contributed by atoms with Crippen molar-refractivity contribution in [2.45, 2.75) is 39.8 Å². The van der Waals surface area contributed by atoms with Crippen LogP contribution in [-0.2, 0) is 13.1 Å². The average Bonchev–Trinajstić information content (AvgIpc) is 2.53. The van der Waals surface area contributed by atoms with Crippen LogP contribution in [0.15, 0.2) is 35.3 Å². The highest BCUT2D eigenvalue weighted by molar-refractivity contribution is 5.53. The van der Waals surface area contributed by atoms with Gasteiger partial charge in [0, 0.05) is 24.8 Å². The lowest BCUT2D eigenvalue weighted by Gasteiger charge is -2.09. The molecule has 0 radical (unpaired) electrons. The van der Waals surface area contributed by atoms with Gasteiger partial charge in [-0.05, 0) is 38.1 Å². The molecule has 0 aliphatic rings. The van der Waals surface area contributed by atoms with Gasteiger partial charge in [0.2, 0.25) is 0 Å². The van der Waals surface area contributed by atoms with Crippen molar-refractivity contribution in [2.75, 3.05) is 6.54 Å². The Labute approximate surface area is 125 Å². The Morgan fingerprint density at radius 1 is 1.24 bits per heavy atom. The molecule has 5 heteroatoms. The van der Waals surface area contributed by atoms with Gasteiger partial charge in [-0.25, -0.2) is 4.68 Å². The first-order chi connectivity index (χ1) is 10.3. The number of aryl methyl sites for hydroxylation is 1. The van der Waals surface area contributed by atoms with E-state index in [9.17, 15) is 4.79 Å². The van der Waals surface area contributed by atoms with E-state index in [0.29, 0.717) is 13.1 Å². The third-order valence-electron chi connectivity index (χ3n) is 3.30. The van der Waals surface area contributed by atoms with Gasteiger partial charge in [0.15, 0.2) is 0 Å². The SMILES string of the molecule is CCCCNCc1cc(-c2ccccn2)nn(CC)c1=O. The number of nitrogens with zero attached hydrogens (tertiary/aromatic N) is 3. The lowest BCUT2D eigenvalue weighted by Crippen LogP contribution is -2.29. The molecule has 0 saturated heterocycles. The number of nitrogens with one attached hydrogen (secondary N) is 1. The quantitative estimate of drug-likeness (QED) is 0.793. The molecule has 1 N–H and O–H groups in total. The largest absolute Gasteiger partial charge is 0.312 e. The maximum atomic E-state index is 12.3. The molecule has 0 unspecified atom stereocenters. The van der Waals surface area contributed by atoms with Crippen LogP contribution in [0.1, 0.15) is 32.3 Å². The minimum atomic E-state index is -0.0267. The van der Waals surface area contributed by atoms with Crippen molar-refractivity contribution in [1.82, 2.24) is 20.1 Å². The van der Waals surface area contributed by atoms with Crippen molar-refractivity contribution in [2.24, 2.45) is 0 Å². The van der Waals surface area contributed by atoms with Crippen molar-refractivity contribution in [3.8, 4) is 11.4 Å². The third-order valence-corrected chi connectivity index (χ3v) is 3.30. The summed E-state index contributed by atoms with van der Waals surface area (Å²) in [4.78, 5) is 16.6. The van der Waals surface area contributed by atoms with Crippen molar-refractivity contribution in [3.05, 3.63) is 46.4 Å². The normalized spacial score (nSPS) is 10.8. The topological polar surface area (TPSA) is 59.8 Å². The molecule has 0 amide bonds. The predicted molar refractivity (Wildman–Crippen MR) is 84.0 cm³/mol. The molecule has 0 atom stereocenters. The fraction of sp³-hybridized carbons (Fsp3) is 0.438. The second-order valence-electron chi connectivity index (χ2n) is 4.92. The van der Waals surface area contributed by atoms with Crippen molar-refractivity contribution in [3.63, 3.8) is 0 Å². The smallest absolute Gasteiger partial charge is 0.271 e. The molecule has 21 heavy (non-hydrogen) atoms. The van der Waals surface area contributed by atoms with E-state index < -0.39 is 0 Å². The molecular weight excluding hydrogens is 264 g/mol.